The molecule has 0 saturated heterocycles. The van der Waals surface area contributed by atoms with Crippen LogP contribution in [-0.2, 0) is 4.79 Å². The Bertz CT molecular complexity index is 896. The number of carbonyl (C=O) groups excluding carboxylic acids is 1. The second-order valence-electron chi connectivity index (χ2n) is 7.62. The number of ketones is 1. The molecule has 7 nitrogen and oxygen atoms in total. The van der Waals surface area contributed by atoms with E-state index in [1.54, 1.807) is 29.2 Å². The van der Waals surface area contributed by atoms with Crippen LogP contribution in [0.5, 0.6) is 11.5 Å². The molecule has 0 aromatic heterocycles. The molecule has 2 aromatic carbocycles. The van der Waals surface area contributed by atoms with E-state index in [1.165, 1.54) is 12.1 Å². The molecule has 0 bridgehead atoms. The molecule has 1 aliphatic rings. The average molecular weight is 386 g/mol. The van der Waals surface area contributed by atoms with Gasteiger partial charge < -0.3 is 30.2 Å². The summed E-state index contributed by atoms with van der Waals surface area (Å²) in [5.41, 5.74) is 2.05. The van der Waals surface area contributed by atoms with Crippen molar-refractivity contribution in [2.24, 2.45) is 0 Å². The lowest BCUT2D eigenvalue weighted by Gasteiger charge is -2.23. The second-order valence-corrected chi connectivity index (χ2v) is 7.62. The fraction of sp³-hybridized carbons (Fsp3) is 0.381. The van der Waals surface area contributed by atoms with Crippen LogP contribution in [0.25, 0.3) is 0 Å². The summed E-state index contributed by atoms with van der Waals surface area (Å²) < 4.78 is 0. The average Bonchev–Trinajstić information content (AvgIpc) is 2.84. The van der Waals surface area contributed by atoms with Crippen LogP contribution >= 0.6 is 0 Å². The Kier molecular flexibility index (Phi) is 5.23. The molecule has 0 radical (unpaired) electrons. The third-order valence-electron chi connectivity index (χ3n) is 5.40. The largest absolute Gasteiger partial charge is 0.508 e. The monoisotopic (exact) mass is 386 g/mol. The molecule has 3 rings (SSSR count). The van der Waals surface area contributed by atoms with Gasteiger partial charge in [0.15, 0.2) is 5.78 Å². The van der Waals surface area contributed by atoms with Gasteiger partial charge in [-0.3, -0.25) is 4.79 Å². The Balaban J connectivity index is 1.99. The SMILES string of the molecule is CN(C)c1ccc(C2C(=O)C(O)C(c3ccc(N(C)C)cc3O)C2O)c(O)c1. The highest BCUT2D eigenvalue weighted by Gasteiger charge is 2.51. The van der Waals surface area contributed by atoms with Crippen molar-refractivity contribution in [3.8, 4) is 11.5 Å². The molecule has 0 spiro atoms. The number of phenols is 2. The van der Waals surface area contributed by atoms with Crippen molar-refractivity contribution in [3.63, 3.8) is 0 Å². The molecular weight excluding hydrogens is 360 g/mol. The zero-order valence-electron chi connectivity index (χ0n) is 16.4. The molecule has 1 fully saturated rings. The van der Waals surface area contributed by atoms with Gasteiger partial charge in [-0.25, -0.2) is 0 Å². The van der Waals surface area contributed by atoms with Gasteiger partial charge in [-0.2, -0.15) is 0 Å². The number of phenolic OH excluding ortho intramolecular Hbond substituents is 2. The van der Waals surface area contributed by atoms with Crippen LogP contribution in [0.2, 0.25) is 0 Å². The molecule has 28 heavy (non-hydrogen) atoms. The number of Topliss-reactive ketones (excluding diaryl/α,β-unsaturated/α-hetero) is 1. The van der Waals surface area contributed by atoms with Crippen molar-refractivity contribution >= 4 is 17.2 Å². The summed E-state index contributed by atoms with van der Waals surface area (Å²) in [4.78, 5) is 16.3. The highest BCUT2D eigenvalue weighted by atomic mass is 16.3. The number of aliphatic hydroxyl groups excluding tert-OH is 2. The van der Waals surface area contributed by atoms with Crippen LogP contribution in [-0.4, -0.2) is 66.6 Å². The van der Waals surface area contributed by atoms with E-state index in [1.807, 2.05) is 33.1 Å². The van der Waals surface area contributed by atoms with Crippen molar-refractivity contribution in [2.45, 2.75) is 24.0 Å². The normalized spacial score (nSPS) is 24.4. The fourth-order valence-electron chi connectivity index (χ4n) is 3.78. The number of hydrogen-bond donors (Lipinski definition) is 4. The quantitative estimate of drug-likeness (QED) is 0.630. The number of rotatable bonds is 4. The Hall–Kier alpha value is -2.77. The zero-order valence-corrected chi connectivity index (χ0v) is 16.4. The summed E-state index contributed by atoms with van der Waals surface area (Å²) in [5, 5.41) is 42.2. The van der Waals surface area contributed by atoms with Gasteiger partial charge >= 0.3 is 0 Å². The van der Waals surface area contributed by atoms with Gasteiger partial charge in [0.25, 0.3) is 0 Å². The van der Waals surface area contributed by atoms with Crippen LogP contribution in [0.15, 0.2) is 36.4 Å². The lowest BCUT2D eigenvalue weighted by molar-refractivity contribution is -0.126. The molecule has 150 valence electrons. The molecule has 4 atom stereocenters. The summed E-state index contributed by atoms with van der Waals surface area (Å²) in [6, 6.07) is 9.70. The standard InChI is InChI=1S/C21H26N2O5/c1-22(2)11-5-7-13(15(24)9-11)17-19(26)18(21(28)20(17)27)14-8-6-12(23(3)4)10-16(14)25/h5-10,17-20,24-27H,1-4H3. The second kappa shape index (κ2) is 7.33. The van der Waals surface area contributed by atoms with Gasteiger partial charge in [-0.1, -0.05) is 12.1 Å². The number of nitrogens with zero attached hydrogens (tertiary/aromatic N) is 2. The predicted molar refractivity (Wildman–Crippen MR) is 107 cm³/mol. The van der Waals surface area contributed by atoms with Gasteiger partial charge in [0.1, 0.15) is 17.6 Å². The predicted octanol–water partition coefficient (Wildman–Crippen LogP) is 1.40. The summed E-state index contributed by atoms with van der Waals surface area (Å²) in [6.07, 6.45) is -2.77. The van der Waals surface area contributed by atoms with E-state index in [4.69, 9.17) is 0 Å². The van der Waals surface area contributed by atoms with E-state index < -0.39 is 29.8 Å². The van der Waals surface area contributed by atoms with Gasteiger partial charge in [-0.05, 0) is 12.1 Å². The van der Waals surface area contributed by atoms with Gasteiger partial charge in [0.05, 0.1) is 12.0 Å². The Morgan fingerprint density at radius 1 is 0.786 bits per heavy atom. The molecule has 7 heteroatoms. The summed E-state index contributed by atoms with van der Waals surface area (Å²) in [6.45, 7) is 0. The maximum atomic E-state index is 12.7. The molecule has 0 amide bonds. The fourth-order valence-corrected chi connectivity index (χ4v) is 3.78. The molecular formula is C21H26N2O5. The van der Waals surface area contributed by atoms with E-state index >= 15 is 0 Å². The third-order valence-corrected chi connectivity index (χ3v) is 5.40. The minimum absolute atomic E-state index is 0.102. The number of aromatic hydroxyl groups is 2. The Labute approximate surface area is 164 Å². The molecule has 4 unspecified atom stereocenters. The zero-order chi connectivity index (χ0) is 20.7. The van der Waals surface area contributed by atoms with Crippen LogP contribution in [0.4, 0.5) is 11.4 Å². The van der Waals surface area contributed by atoms with Crippen LogP contribution in [0.3, 0.4) is 0 Å². The van der Waals surface area contributed by atoms with Gasteiger partial charge in [0.2, 0.25) is 0 Å². The highest BCUT2D eigenvalue weighted by molar-refractivity contribution is 5.95. The van der Waals surface area contributed by atoms with Crippen molar-refractivity contribution < 1.29 is 25.2 Å². The van der Waals surface area contributed by atoms with Crippen LogP contribution in [0.1, 0.15) is 23.0 Å². The van der Waals surface area contributed by atoms with Crippen molar-refractivity contribution in [3.05, 3.63) is 47.5 Å². The molecule has 2 aromatic rings. The number of hydrogen-bond acceptors (Lipinski definition) is 7. The number of anilines is 2. The molecule has 0 aliphatic heterocycles. The van der Waals surface area contributed by atoms with E-state index in [-0.39, 0.29) is 17.1 Å². The number of carbonyl (C=O) groups is 1. The third kappa shape index (κ3) is 3.27. The van der Waals surface area contributed by atoms with Crippen LogP contribution in [0, 0.1) is 0 Å². The minimum atomic E-state index is -1.48. The summed E-state index contributed by atoms with van der Waals surface area (Å²) >= 11 is 0. The highest BCUT2D eigenvalue weighted by Crippen LogP contribution is 2.47. The van der Waals surface area contributed by atoms with Crippen molar-refractivity contribution in [2.75, 3.05) is 38.0 Å². The Morgan fingerprint density at radius 3 is 1.68 bits per heavy atom. The molecule has 1 saturated carbocycles. The van der Waals surface area contributed by atoms with Crippen molar-refractivity contribution in [1.82, 2.24) is 0 Å². The Morgan fingerprint density at radius 2 is 1.25 bits per heavy atom. The minimum Gasteiger partial charge on any atom is -0.508 e. The first-order valence-corrected chi connectivity index (χ1v) is 9.03. The lowest BCUT2D eigenvalue weighted by atomic mass is 9.88. The summed E-state index contributed by atoms with van der Waals surface area (Å²) in [7, 11) is 7.30. The first kappa shape index (κ1) is 20.0. The topological polar surface area (TPSA) is 104 Å². The maximum absolute atomic E-state index is 12.7. The van der Waals surface area contributed by atoms with Crippen LogP contribution < -0.4 is 9.80 Å². The van der Waals surface area contributed by atoms with E-state index in [0.29, 0.717) is 5.56 Å². The summed E-state index contributed by atoms with van der Waals surface area (Å²) in [5.74, 6) is -2.87. The van der Waals surface area contributed by atoms with E-state index in [0.717, 1.165) is 11.4 Å². The smallest absolute Gasteiger partial charge is 0.172 e. The molecule has 4 N–H and O–H groups in total. The first-order valence-electron chi connectivity index (χ1n) is 9.03. The lowest BCUT2D eigenvalue weighted by Crippen LogP contribution is -2.23. The van der Waals surface area contributed by atoms with Gasteiger partial charge in [0, 0.05) is 68.7 Å². The number of aliphatic hydroxyl groups is 2. The first-order chi connectivity index (χ1) is 13.1. The van der Waals surface area contributed by atoms with E-state index in [9.17, 15) is 25.2 Å². The molecule has 0 heterocycles. The maximum Gasteiger partial charge on any atom is 0.172 e. The van der Waals surface area contributed by atoms with E-state index in [2.05, 4.69) is 0 Å². The van der Waals surface area contributed by atoms with Crippen molar-refractivity contribution in [1.29, 1.82) is 0 Å². The van der Waals surface area contributed by atoms with Gasteiger partial charge in [-0.15, -0.1) is 0 Å². The number of benzene rings is 2. The molecule has 1 aliphatic carbocycles.